The third-order valence-corrected chi connectivity index (χ3v) is 4.83. The number of nitrogens with zero attached hydrogens (tertiary/aromatic N) is 1. The summed E-state index contributed by atoms with van der Waals surface area (Å²) in [7, 11) is 0. The average molecular weight is 378 g/mol. The standard InChI is InChI=1S/C18H13Cl2NO2S/c19-14-7-6-13(16(20)9-14)8-17(22)23-10-15-11-24-18(21-15)12-4-2-1-3-5-12/h1-7,9,11H,8,10H2. The predicted octanol–water partition coefficient (Wildman–Crippen LogP) is 5.40. The molecule has 0 atom stereocenters. The molecule has 3 nitrogen and oxygen atoms in total. The minimum atomic E-state index is -0.353. The lowest BCUT2D eigenvalue weighted by Crippen LogP contribution is -2.08. The molecule has 3 rings (SSSR count). The molecule has 0 N–H and O–H groups in total. The molecule has 1 heterocycles. The summed E-state index contributed by atoms with van der Waals surface area (Å²) in [5.41, 5.74) is 2.47. The fraction of sp³-hybridized carbons (Fsp3) is 0.111. The number of halogens is 2. The first-order valence-corrected chi connectivity index (χ1v) is 8.85. The van der Waals surface area contributed by atoms with E-state index in [1.807, 2.05) is 35.7 Å². The van der Waals surface area contributed by atoms with Gasteiger partial charge in [-0.05, 0) is 17.7 Å². The first-order valence-electron chi connectivity index (χ1n) is 7.21. The summed E-state index contributed by atoms with van der Waals surface area (Å²) >= 11 is 13.4. The molecule has 0 aliphatic rings. The van der Waals surface area contributed by atoms with Crippen molar-refractivity contribution in [3.63, 3.8) is 0 Å². The van der Waals surface area contributed by atoms with Crippen LogP contribution in [0.2, 0.25) is 10.0 Å². The summed E-state index contributed by atoms with van der Waals surface area (Å²) in [6.45, 7) is 0.146. The van der Waals surface area contributed by atoms with Crippen molar-refractivity contribution in [3.8, 4) is 10.6 Å². The maximum atomic E-state index is 12.0. The van der Waals surface area contributed by atoms with Crippen LogP contribution in [0.15, 0.2) is 53.9 Å². The Morgan fingerprint density at radius 2 is 1.92 bits per heavy atom. The van der Waals surface area contributed by atoms with Crippen molar-refractivity contribution in [1.29, 1.82) is 0 Å². The van der Waals surface area contributed by atoms with Crippen LogP contribution in [0, 0.1) is 0 Å². The van der Waals surface area contributed by atoms with Crippen LogP contribution in [0.4, 0.5) is 0 Å². The molecular formula is C18H13Cl2NO2S. The van der Waals surface area contributed by atoms with Crippen molar-refractivity contribution in [2.45, 2.75) is 13.0 Å². The van der Waals surface area contributed by atoms with Gasteiger partial charge in [0.25, 0.3) is 0 Å². The normalized spacial score (nSPS) is 10.6. The van der Waals surface area contributed by atoms with E-state index in [0.29, 0.717) is 15.6 Å². The average Bonchev–Trinajstić information content (AvgIpc) is 3.05. The van der Waals surface area contributed by atoms with Crippen molar-refractivity contribution in [3.05, 3.63) is 75.2 Å². The lowest BCUT2D eigenvalue weighted by atomic mass is 10.1. The zero-order valence-electron chi connectivity index (χ0n) is 12.5. The second kappa shape index (κ2) is 7.79. The highest BCUT2D eigenvalue weighted by molar-refractivity contribution is 7.13. The van der Waals surface area contributed by atoms with E-state index >= 15 is 0 Å². The summed E-state index contributed by atoms with van der Waals surface area (Å²) in [4.78, 5) is 16.4. The maximum Gasteiger partial charge on any atom is 0.310 e. The van der Waals surface area contributed by atoms with Gasteiger partial charge in [-0.25, -0.2) is 4.98 Å². The first kappa shape index (κ1) is 17.0. The third kappa shape index (κ3) is 4.35. The van der Waals surface area contributed by atoms with E-state index in [9.17, 15) is 4.79 Å². The van der Waals surface area contributed by atoms with Crippen LogP contribution in [-0.2, 0) is 22.6 Å². The van der Waals surface area contributed by atoms with Gasteiger partial charge in [0.05, 0.1) is 12.1 Å². The van der Waals surface area contributed by atoms with Crippen LogP contribution in [0.5, 0.6) is 0 Å². The number of hydrogen-bond donors (Lipinski definition) is 0. The van der Waals surface area contributed by atoms with E-state index in [1.165, 1.54) is 11.3 Å². The van der Waals surface area contributed by atoms with Crippen LogP contribution >= 0.6 is 34.5 Å². The molecule has 0 bridgehead atoms. The zero-order chi connectivity index (χ0) is 16.9. The van der Waals surface area contributed by atoms with Crippen molar-refractivity contribution in [1.82, 2.24) is 4.98 Å². The minimum absolute atomic E-state index is 0.103. The third-order valence-electron chi connectivity index (χ3n) is 3.30. The maximum absolute atomic E-state index is 12.0. The molecule has 3 aromatic rings. The van der Waals surface area contributed by atoms with Crippen molar-refractivity contribution in [2.75, 3.05) is 0 Å². The van der Waals surface area contributed by atoms with Gasteiger partial charge in [0.15, 0.2) is 0 Å². The Hall–Kier alpha value is -1.88. The number of esters is 1. The molecule has 1 aromatic heterocycles. The van der Waals surface area contributed by atoms with Crippen LogP contribution in [0.25, 0.3) is 10.6 Å². The largest absolute Gasteiger partial charge is 0.459 e. The fourth-order valence-corrected chi connectivity index (χ4v) is 3.40. The van der Waals surface area contributed by atoms with E-state index in [-0.39, 0.29) is 19.0 Å². The predicted molar refractivity (Wildman–Crippen MR) is 97.5 cm³/mol. The monoisotopic (exact) mass is 377 g/mol. The lowest BCUT2D eigenvalue weighted by molar-refractivity contribution is -0.144. The van der Waals surface area contributed by atoms with Gasteiger partial charge in [0.1, 0.15) is 11.6 Å². The summed E-state index contributed by atoms with van der Waals surface area (Å²) in [6.07, 6.45) is 0.103. The molecule has 2 aromatic carbocycles. The molecule has 122 valence electrons. The van der Waals surface area contributed by atoms with Gasteiger partial charge in [-0.15, -0.1) is 11.3 Å². The number of benzene rings is 2. The Kier molecular flexibility index (Phi) is 5.51. The molecule has 6 heteroatoms. The van der Waals surface area contributed by atoms with E-state index in [2.05, 4.69) is 4.98 Å². The Bertz CT molecular complexity index is 849. The second-order valence-electron chi connectivity index (χ2n) is 5.08. The Morgan fingerprint density at radius 3 is 2.67 bits per heavy atom. The zero-order valence-corrected chi connectivity index (χ0v) is 14.9. The van der Waals surface area contributed by atoms with Gasteiger partial charge >= 0.3 is 5.97 Å². The van der Waals surface area contributed by atoms with E-state index in [1.54, 1.807) is 18.2 Å². The van der Waals surface area contributed by atoms with E-state index < -0.39 is 0 Å². The summed E-state index contributed by atoms with van der Waals surface area (Å²) in [5, 5.41) is 3.79. The van der Waals surface area contributed by atoms with Gasteiger partial charge in [-0.2, -0.15) is 0 Å². The molecule has 0 saturated heterocycles. The molecular weight excluding hydrogens is 365 g/mol. The van der Waals surface area contributed by atoms with E-state index in [0.717, 1.165) is 16.3 Å². The van der Waals surface area contributed by atoms with Crippen LogP contribution in [0.3, 0.4) is 0 Å². The molecule has 0 radical (unpaired) electrons. The molecule has 0 amide bonds. The molecule has 0 spiro atoms. The van der Waals surface area contributed by atoms with Gasteiger partial charge in [0, 0.05) is 21.0 Å². The Morgan fingerprint density at radius 1 is 1.12 bits per heavy atom. The molecule has 0 fully saturated rings. The number of ether oxygens (including phenoxy) is 1. The number of carbonyl (C=O) groups excluding carboxylic acids is 1. The van der Waals surface area contributed by atoms with Crippen LogP contribution in [0.1, 0.15) is 11.3 Å². The highest BCUT2D eigenvalue weighted by Gasteiger charge is 2.11. The summed E-state index contributed by atoms with van der Waals surface area (Å²) in [6, 6.07) is 14.9. The topological polar surface area (TPSA) is 39.2 Å². The minimum Gasteiger partial charge on any atom is -0.459 e. The van der Waals surface area contributed by atoms with Crippen molar-refractivity contribution >= 4 is 40.5 Å². The van der Waals surface area contributed by atoms with Crippen molar-refractivity contribution < 1.29 is 9.53 Å². The quantitative estimate of drug-likeness (QED) is 0.558. The summed E-state index contributed by atoms with van der Waals surface area (Å²) < 4.78 is 5.28. The van der Waals surface area contributed by atoms with Gasteiger partial charge in [-0.1, -0.05) is 59.6 Å². The Balaban J connectivity index is 1.58. The first-order chi connectivity index (χ1) is 11.6. The highest BCUT2D eigenvalue weighted by atomic mass is 35.5. The van der Waals surface area contributed by atoms with Crippen molar-refractivity contribution in [2.24, 2.45) is 0 Å². The molecule has 0 saturated carbocycles. The van der Waals surface area contributed by atoms with Crippen LogP contribution < -0.4 is 0 Å². The van der Waals surface area contributed by atoms with Gasteiger partial charge in [-0.3, -0.25) is 4.79 Å². The SMILES string of the molecule is O=C(Cc1ccc(Cl)cc1Cl)OCc1csc(-c2ccccc2)n1. The number of hydrogen-bond acceptors (Lipinski definition) is 4. The fourth-order valence-electron chi connectivity index (χ4n) is 2.11. The molecule has 0 aliphatic carbocycles. The smallest absolute Gasteiger partial charge is 0.310 e. The number of rotatable bonds is 5. The van der Waals surface area contributed by atoms with Crippen LogP contribution in [-0.4, -0.2) is 11.0 Å². The molecule has 0 unspecified atom stereocenters. The lowest BCUT2D eigenvalue weighted by Gasteiger charge is -2.05. The van der Waals surface area contributed by atoms with E-state index in [4.69, 9.17) is 27.9 Å². The second-order valence-corrected chi connectivity index (χ2v) is 6.78. The summed E-state index contributed by atoms with van der Waals surface area (Å²) in [5.74, 6) is -0.353. The number of thiazole rings is 1. The van der Waals surface area contributed by atoms with Gasteiger partial charge in [0.2, 0.25) is 0 Å². The van der Waals surface area contributed by atoms with Gasteiger partial charge < -0.3 is 4.74 Å². The number of carbonyl (C=O) groups is 1. The number of aromatic nitrogens is 1. The Labute approximate surface area is 153 Å². The molecule has 24 heavy (non-hydrogen) atoms. The highest BCUT2D eigenvalue weighted by Crippen LogP contribution is 2.24. The molecule has 0 aliphatic heterocycles.